The molecule has 0 saturated carbocycles. The van der Waals surface area contributed by atoms with E-state index >= 15 is 0 Å². The van der Waals surface area contributed by atoms with Gasteiger partial charge < -0.3 is 0 Å². The summed E-state index contributed by atoms with van der Waals surface area (Å²) in [7, 11) is 0. The number of hydrogen-bond acceptors (Lipinski definition) is 4. The second-order valence-corrected chi connectivity index (χ2v) is 5.47. The molecule has 2 rings (SSSR count). The van der Waals surface area contributed by atoms with Crippen molar-refractivity contribution >= 4 is 45.3 Å². The number of aryl methyl sites for hydroxylation is 1. The van der Waals surface area contributed by atoms with Gasteiger partial charge in [0.2, 0.25) is 5.13 Å². The van der Waals surface area contributed by atoms with E-state index in [-0.39, 0.29) is 5.56 Å². The molecule has 0 radical (unpaired) electrons. The summed E-state index contributed by atoms with van der Waals surface area (Å²) < 4.78 is 26.8. The van der Waals surface area contributed by atoms with E-state index in [1.165, 1.54) is 23.6 Å². The first-order chi connectivity index (χ1) is 8.56. The van der Waals surface area contributed by atoms with Crippen LogP contribution in [0.15, 0.2) is 22.6 Å². The van der Waals surface area contributed by atoms with Crippen LogP contribution in [0.25, 0.3) is 0 Å². The minimum atomic E-state index is -0.645. The Morgan fingerprint density at radius 3 is 2.83 bits per heavy atom. The third-order valence-corrected chi connectivity index (χ3v) is 3.71. The van der Waals surface area contributed by atoms with Crippen molar-refractivity contribution in [2.45, 2.75) is 6.92 Å². The Morgan fingerprint density at radius 1 is 1.39 bits per heavy atom. The number of hydrogen-bond donors (Lipinski definition) is 1. The van der Waals surface area contributed by atoms with Crippen LogP contribution in [0.4, 0.5) is 13.9 Å². The normalized spacial score (nSPS) is 11.1. The van der Waals surface area contributed by atoms with E-state index in [2.05, 4.69) is 15.5 Å². The molecule has 0 aliphatic rings. The molecule has 0 aliphatic carbocycles. The van der Waals surface area contributed by atoms with Gasteiger partial charge in [-0.3, -0.25) is 5.43 Å². The third-order valence-electron chi connectivity index (χ3n) is 2.02. The van der Waals surface area contributed by atoms with E-state index in [9.17, 15) is 8.78 Å². The van der Waals surface area contributed by atoms with Crippen LogP contribution in [0.1, 0.15) is 11.3 Å². The lowest BCUT2D eigenvalue weighted by Crippen LogP contribution is -1.96. The number of nitrogens with zero attached hydrogens (tertiary/aromatic N) is 2. The van der Waals surface area contributed by atoms with E-state index < -0.39 is 11.6 Å². The van der Waals surface area contributed by atoms with Crippen molar-refractivity contribution in [2.24, 2.45) is 5.10 Å². The molecule has 3 nitrogen and oxygen atoms in total. The molecule has 1 heterocycles. The minimum Gasteiger partial charge on any atom is -0.253 e. The highest BCUT2D eigenvalue weighted by atomic mass is 127. The van der Waals surface area contributed by atoms with Crippen LogP contribution in [0, 0.1) is 22.1 Å². The van der Waals surface area contributed by atoms with Crippen molar-refractivity contribution in [3.05, 3.63) is 44.0 Å². The molecule has 1 N–H and O–H groups in total. The van der Waals surface area contributed by atoms with Gasteiger partial charge in [-0.25, -0.2) is 13.8 Å². The fourth-order valence-electron chi connectivity index (χ4n) is 1.20. The molecular formula is C11H8F2IN3S. The summed E-state index contributed by atoms with van der Waals surface area (Å²) in [6, 6.07) is 2.24. The number of rotatable bonds is 3. The van der Waals surface area contributed by atoms with Gasteiger partial charge in [0.15, 0.2) is 0 Å². The van der Waals surface area contributed by atoms with Crippen molar-refractivity contribution in [1.82, 2.24) is 4.98 Å². The maximum absolute atomic E-state index is 13.4. The van der Waals surface area contributed by atoms with Crippen LogP contribution in [0.5, 0.6) is 0 Å². The summed E-state index contributed by atoms with van der Waals surface area (Å²) in [5.74, 6) is -1.22. The fourth-order valence-corrected chi connectivity index (χ4v) is 2.33. The van der Waals surface area contributed by atoms with Crippen molar-refractivity contribution < 1.29 is 8.78 Å². The predicted molar refractivity (Wildman–Crippen MR) is 77.1 cm³/mol. The lowest BCUT2D eigenvalue weighted by molar-refractivity contribution is 0.577. The molecule has 0 aliphatic heterocycles. The van der Waals surface area contributed by atoms with E-state index in [1.54, 1.807) is 22.6 Å². The summed E-state index contributed by atoms with van der Waals surface area (Å²) in [6.07, 6.45) is 1.30. The first-order valence-corrected chi connectivity index (χ1v) is 6.88. The summed E-state index contributed by atoms with van der Waals surface area (Å²) in [5, 5.41) is 6.36. The standard InChI is InChI=1S/C11H8F2IN3S/c1-6-5-18-11(16-6)17-15-4-7-2-10(14)9(13)3-8(7)12/h2-5H,1H3,(H,16,17). The predicted octanol–water partition coefficient (Wildman–Crippen LogP) is 3.78. The van der Waals surface area contributed by atoms with Crippen molar-refractivity contribution in [3.8, 4) is 0 Å². The van der Waals surface area contributed by atoms with Gasteiger partial charge in [-0.2, -0.15) is 5.10 Å². The average Bonchev–Trinajstić information content (AvgIpc) is 2.71. The maximum atomic E-state index is 13.4. The second-order valence-electron chi connectivity index (χ2n) is 3.45. The molecule has 0 saturated heterocycles. The molecule has 0 unspecified atom stereocenters. The van der Waals surface area contributed by atoms with Crippen LogP contribution in [-0.4, -0.2) is 11.2 Å². The van der Waals surface area contributed by atoms with E-state index in [0.29, 0.717) is 8.70 Å². The van der Waals surface area contributed by atoms with Gasteiger partial charge in [0.1, 0.15) is 11.6 Å². The van der Waals surface area contributed by atoms with Crippen molar-refractivity contribution in [2.75, 3.05) is 5.43 Å². The lowest BCUT2D eigenvalue weighted by Gasteiger charge is -1.99. The highest BCUT2D eigenvalue weighted by Crippen LogP contribution is 2.16. The number of benzene rings is 1. The Balaban J connectivity index is 2.11. The van der Waals surface area contributed by atoms with Gasteiger partial charge in [-0.15, -0.1) is 11.3 Å². The number of nitrogens with one attached hydrogen (secondary N) is 1. The van der Waals surface area contributed by atoms with Crippen LogP contribution in [0.3, 0.4) is 0 Å². The van der Waals surface area contributed by atoms with E-state index in [1.807, 2.05) is 12.3 Å². The summed E-state index contributed by atoms with van der Waals surface area (Å²) >= 11 is 3.20. The molecule has 1 aromatic heterocycles. The molecule has 2 aromatic rings. The topological polar surface area (TPSA) is 37.3 Å². The molecular weight excluding hydrogens is 371 g/mol. The van der Waals surface area contributed by atoms with E-state index in [0.717, 1.165) is 11.8 Å². The Kier molecular flexibility index (Phi) is 4.23. The zero-order valence-corrected chi connectivity index (χ0v) is 12.2. The average molecular weight is 379 g/mol. The lowest BCUT2D eigenvalue weighted by atomic mass is 10.2. The van der Waals surface area contributed by atoms with Gasteiger partial charge in [0, 0.05) is 20.6 Å². The Bertz CT molecular complexity index is 598. The number of anilines is 1. The molecule has 18 heavy (non-hydrogen) atoms. The Hall–Kier alpha value is -1.09. The van der Waals surface area contributed by atoms with Crippen LogP contribution in [-0.2, 0) is 0 Å². The highest BCUT2D eigenvalue weighted by Gasteiger charge is 2.06. The largest absolute Gasteiger partial charge is 0.253 e. The molecule has 7 heteroatoms. The number of hydrazone groups is 1. The zero-order valence-electron chi connectivity index (χ0n) is 9.25. The monoisotopic (exact) mass is 379 g/mol. The van der Waals surface area contributed by atoms with Crippen molar-refractivity contribution in [1.29, 1.82) is 0 Å². The highest BCUT2D eigenvalue weighted by molar-refractivity contribution is 14.1. The molecule has 0 atom stereocenters. The minimum absolute atomic E-state index is 0.224. The Labute approximate surface area is 120 Å². The van der Waals surface area contributed by atoms with Gasteiger partial charge in [0.05, 0.1) is 11.9 Å². The number of halogens is 3. The van der Waals surface area contributed by atoms with E-state index in [4.69, 9.17) is 0 Å². The smallest absolute Gasteiger partial charge is 0.203 e. The molecule has 0 spiro atoms. The second kappa shape index (κ2) is 5.70. The fraction of sp³-hybridized carbons (Fsp3) is 0.0909. The molecule has 1 aromatic carbocycles. The van der Waals surface area contributed by atoms with Crippen LogP contribution >= 0.6 is 33.9 Å². The first kappa shape index (κ1) is 13.3. The molecule has 0 fully saturated rings. The third kappa shape index (κ3) is 3.22. The summed E-state index contributed by atoms with van der Waals surface area (Å²) in [6.45, 7) is 1.87. The number of thiazole rings is 1. The summed E-state index contributed by atoms with van der Waals surface area (Å²) in [5.41, 5.74) is 3.80. The van der Waals surface area contributed by atoms with Gasteiger partial charge in [0.25, 0.3) is 0 Å². The first-order valence-electron chi connectivity index (χ1n) is 4.92. The quantitative estimate of drug-likeness (QED) is 0.382. The zero-order chi connectivity index (χ0) is 13.1. The van der Waals surface area contributed by atoms with Crippen LogP contribution in [0.2, 0.25) is 0 Å². The van der Waals surface area contributed by atoms with Gasteiger partial charge in [-0.05, 0) is 35.6 Å². The molecule has 0 bridgehead atoms. The van der Waals surface area contributed by atoms with Gasteiger partial charge in [-0.1, -0.05) is 0 Å². The maximum Gasteiger partial charge on any atom is 0.203 e. The molecule has 94 valence electrons. The Morgan fingerprint density at radius 2 is 2.17 bits per heavy atom. The SMILES string of the molecule is Cc1csc(NN=Cc2cc(I)c(F)cc2F)n1. The van der Waals surface area contributed by atoms with Crippen LogP contribution < -0.4 is 5.43 Å². The van der Waals surface area contributed by atoms with Gasteiger partial charge >= 0.3 is 0 Å². The number of aromatic nitrogens is 1. The van der Waals surface area contributed by atoms with Crippen molar-refractivity contribution in [3.63, 3.8) is 0 Å². The molecule has 0 amide bonds. The summed E-state index contributed by atoms with van der Waals surface area (Å²) in [4.78, 5) is 4.13.